The van der Waals surface area contributed by atoms with Crippen molar-refractivity contribution in [1.29, 1.82) is 10.5 Å². The quantitative estimate of drug-likeness (QED) is 0.280. The van der Waals surface area contributed by atoms with Gasteiger partial charge in [-0.2, -0.15) is 10.5 Å². The van der Waals surface area contributed by atoms with E-state index in [4.69, 9.17) is 0 Å². The van der Waals surface area contributed by atoms with E-state index in [1.165, 1.54) is 0 Å². The van der Waals surface area contributed by atoms with Gasteiger partial charge in [-0.25, -0.2) is 9.97 Å². The van der Waals surface area contributed by atoms with Gasteiger partial charge < -0.3 is 10.6 Å². The molecule has 2 N–H and O–H groups in total. The molecule has 0 unspecified atom stereocenters. The fourth-order valence-corrected chi connectivity index (χ4v) is 3.94. The number of hydrogen-bond donors (Lipinski definition) is 2. The summed E-state index contributed by atoms with van der Waals surface area (Å²) < 4.78 is 0. The Kier molecular flexibility index (Phi) is 6.34. The second-order valence-corrected chi connectivity index (χ2v) is 7.91. The number of para-hydroxylation sites is 2. The molecule has 0 saturated carbocycles. The molecular weight excluding hydrogens is 444 g/mol. The predicted octanol–water partition coefficient (Wildman–Crippen LogP) is 7.04. The van der Waals surface area contributed by atoms with Crippen molar-refractivity contribution in [2.24, 2.45) is 0 Å². The molecule has 0 saturated heterocycles. The van der Waals surface area contributed by atoms with Crippen LogP contribution in [0.5, 0.6) is 0 Å². The second-order valence-electron chi connectivity index (χ2n) is 7.91. The van der Waals surface area contributed by atoms with Crippen LogP contribution in [-0.4, -0.2) is 9.97 Å². The average Bonchev–Trinajstić information content (AvgIpc) is 2.95. The predicted molar refractivity (Wildman–Crippen MR) is 142 cm³/mol. The average molecular weight is 465 g/mol. The standard InChI is InChI=1S/C30H20N6/c31-19-27-28(20-32)36-30(34-26-18-10-8-16-24(26)22-13-5-2-6-14-22)29(35-27)33-25-17-9-7-15-23(25)21-11-3-1-4-12-21/h1-18H,(H,33,35)(H,34,36). The first kappa shape index (κ1) is 22.3. The summed E-state index contributed by atoms with van der Waals surface area (Å²) in [5.41, 5.74) is 5.52. The molecule has 6 nitrogen and oxygen atoms in total. The van der Waals surface area contributed by atoms with Crippen LogP contribution in [0.25, 0.3) is 22.3 Å². The highest BCUT2D eigenvalue weighted by Crippen LogP contribution is 2.35. The van der Waals surface area contributed by atoms with Crippen molar-refractivity contribution in [2.75, 3.05) is 10.6 Å². The Balaban J connectivity index is 1.61. The number of aromatic nitrogens is 2. The summed E-state index contributed by atoms with van der Waals surface area (Å²) in [4.78, 5) is 8.94. The van der Waals surface area contributed by atoms with Crippen molar-refractivity contribution in [3.63, 3.8) is 0 Å². The summed E-state index contributed by atoms with van der Waals surface area (Å²) in [6, 6.07) is 39.6. The lowest BCUT2D eigenvalue weighted by Gasteiger charge is -2.17. The number of rotatable bonds is 6. The molecule has 5 rings (SSSR count). The summed E-state index contributed by atoms with van der Waals surface area (Å²) in [6.07, 6.45) is 0. The van der Waals surface area contributed by atoms with Crippen molar-refractivity contribution < 1.29 is 0 Å². The van der Waals surface area contributed by atoms with E-state index in [2.05, 4.69) is 20.6 Å². The molecule has 1 aromatic heterocycles. The number of nitriles is 2. The number of nitrogens with zero attached hydrogens (tertiary/aromatic N) is 4. The maximum atomic E-state index is 9.59. The molecule has 0 fully saturated rings. The Hall–Kier alpha value is -5.46. The zero-order valence-corrected chi connectivity index (χ0v) is 19.2. The molecule has 4 aromatic carbocycles. The van der Waals surface area contributed by atoms with Crippen molar-refractivity contribution in [3.05, 3.63) is 121 Å². The first-order chi connectivity index (χ1) is 17.8. The molecule has 170 valence electrons. The third-order valence-corrected chi connectivity index (χ3v) is 5.64. The summed E-state index contributed by atoms with van der Waals surface area (Å²) in [6.45, 7) is 0. The van der Waals surface area contributed by atoms with Crippen LogP contribution in [0.1, 0.15) is 11.4 Å². The van der Waals surface area contributed by atoms with Gasteiger partial charge in [-0.3, -0.25) is 0 Å². The minimum atomic E-state index is -0.0425. The summed E-state index contributed by atoms with van der Waals surface area (Å²) >= 11 is 0. The zero-order valence-electron chi connectivity index (χ0n) is 19.2. The molecule has 0 radical (unpaired) electrons. The van der Waals surface area contributed by atoms with Gasteiger partial charge >= 0.3 is 0 Å². The third-order valence-electron chi connectivity index (χ3n) is 5.64. The molecule has 6 heteroatoms. The van der Waals surface area contributed by atoms with Crippen molar-refractivity contribution in [2.45, 2.75) is 0 Å². The summed E-state index contributed by atoms with van der Waals surface area (Å²) in [7, 11) is 0. The first-order valence-corrected chi connectivity index (χ1v) is 11.3. The normalized spacial score (nSPS) is 10.2. The van der Waals surface area contributed by atoms with E-state index in [0.29, 0.717) is 11.6 Å². The number of benzene rings is 4. The molecular formula is C30H20N6. The minimum Gasteiger partial charge on any atom is -0.337 e. The lowest BCUT2D eigenvalue weighted by atomic mass is 10.0. The second kappa shape index (κ2) is 10.2. The maximum absolute atomic E-state index is 9.59. The van der Waals surface area contributed by atoms with Crippen LogP contribution in [0, 0.1) is 22.7 Å². The number of anilines is 4. The fraction of sp³-hybridized carbons (Fsp3) is 0. The monoisotopic (exact) mass is 464 g/mol. The van der Waals surface area contributed by atoms with Crippen LogP contribution in [0.2, 0.25) is 0 Å². The Morgan fingerprint density at radius 2 is 0.833 bits per heavy atom. The molecule has 0 bridgehead atoms. The Labute approximate surface area is 209 Å². The van der Waals surface area contributed by atoms with Gasteiger partial charge in [0.25, 0.3) is 0 Å². The van der Waals surface area contributed by atoms with E-state index >= 15 is 0 Å². The third kappa shape index (κ3) is 4.61. The van der Waals surface area contributed by atoms with Crippen molar-refractivity contribution >= 4 is 23.0 Å². The lowest BCUT2D eigenvalue weighted by molar-refractivity contribution is 1.13. The summed E-state index contributed by atoms with van der Waals surface area (Å²) in [5.74, 6) is 0.689. The van der Waals surface area contributed by atoms with Gasteiger partial charge in [0.2, 0.25) is 0 Å². The van der Waals surface area contributed by atoms with E-state index in [1.807, 2.05) is 121 Å². The van der Waals surface area contributed by atoms with E-state index < -0.39 is 0 Å². The van der Waals surface area contributed by atoms with Gasteiger partial charge in [0.1, 0.15) is 12.1 Å². The molecule has 0 atom stereocenters. The first-order valence-electron chi connectivity index (χ1n) is 11.3. The molecule has 0 aliphatic rings. The number of nitrogens with one attached hydrogen (secondary N) is 2. The highest BCUT2D eigenvalue weighted by atomic mass is 15.1. The van der Waals surface area contributed by atoms with Crippen LogP contribution < -0.4 is 10.6 Å². The van der Waals surface area contributed by atoms with Gasteiger partial charge in [0.05, 0.1) is 0 Å². The van der Waals surface area contributed by atoms with E-state index in [-0.39, 0.29) is 11.4 Å². The van der Waals surface area contributed by atoms with Crippen LogP contribution in [0.15, 0.2) is 109 Å². The molecule has 5 aromatic rings. The molecule has 0 aliphatic carbocycles. The maximum Gasteiger partial charge on any atom is 0.179 e. The molecule has 0 aliphatic heterocycles. The van der Waals surface area contributed by atoms with E-state index in [0.717, 1.165) is 33.6 Å². The largest absolute Gasteiger partial charge is 0.337 e. The number of hydrogen-bond acceptors (Lipinski definition) is 6. The molecule has 36 heavy (non-hydrogen) atoms. The summed E-state index contributed by atoms with van der Waals surface area (Å²) in [5, 5.41) is 25.9. The van der Waals surface area contributed by atoms with Crippen LogP contribution >= 0.6 is 0 Å². The Bertz CT molecular complexity index is 1480. The topological polar surface area (TPSA) is 97.4 Å². The van der Waals surface area contributed by atoms with Crippen molar-refractivity contribution in [1.82, 2.24) is 9.97 Å². The van der Waals surface area contributed by atoms with Gasteiger partial charge in [-0.05, 0) is 23.3 Å². The highest BCUT2D eigenvalue weighted by molar-refractivity contribution is 5.86. The van der Waals surface area contributed by atoms with Crippen molar-refractivity contribution in [3.8, 4) is 34.4 Å². The van der Waals surface area contributed by atoms with Crippen LogP contribution in [0.3, 0.4) is 0 Å². The Morgan fingerprint density at radius 1 is 0.472 bits per heavy atom. The molecule has 0 spiro atoms. The molecule has 0 amide bonds. The minimum absolute atomic E-state index is 0.0425. The van der Waals surface area contributed by atoms with Gasteiger partial charge in [0, 0.05) is 22.5 Å². The van der Waals surface area contributed by atoms with E-state index in [1.54, 1.807) is 0 Å². The van der Waals surface area contributed by atoms with Gasteiger partial charge in [-0.15, -0.1) is 0 Å². The lowest BCUT2D eigenvalue weighted by Crippen LogP contribution is -2.07. The Morgan fingerprint density at radius 3 is 1.22 bits per heavy atom. The molecule has 1 heterocycles. The van der Waals surface area contributed by atoms with Crippen LogP contribution in [-0.2, 0) is 0 Å². The van der Waals surface area contributed by atoms with E-state index in [9.17, 15) is 10.5 Å². The van der Waals surface area contributed by atoms with Gasteiger partial charge in [0.15, 0.2) is 23.0 Å². The smallest absolute Gasteiger partial charge is 0.179 e. The zero-order chi connectivity index (χ0) is 24.7. The van der Waals surface area contributed by atoms with Crippen LogP contribution in [0.4, 0.5) is 23.0 Å². The van der Waals surface area contributed by atoms with Gasteiger partial charge in [-0.1, -0.05) is 97.1 Å². The highest BCUT2D eigenvalue weighted by Gasteiger charge is 2.17. The fourth-order valence-electron chi connectivity index (χ4n) is 3.94. The SMILES string of the molecule is N#Cc1nc(Nc2ccccc2-c2ccccc2)c(Nc2ccccc2-c2ccccc2)nc1C#N.